The fourth-order valence-electron chi connectivity index (χ4n) is 4.47. The Hall–Kier alpha value is -2.94. The van der Waals surface area contributed by atoms with E-state index in [4.69, 9.17) is 14.6 Å². The molecule has 4 rings (SSSR count). The second-order valence-corrected chi connectivity index (χ2v) is 10.1. The van der Waals surface area contributed by atoms with E-state index in [1.807, 2.05) is 13.8 Å². The number of benzene rings is 1. The number of alkyl carbamates (subject to hydrolysis) is 1. The van der Waals surface area contributed by atoms with E-state index in [2.05, 4.69) is 5.32 Å². The molecular weight excluding hydrogens is 439 g/mol. The number of nitrogens with zero attached hydrogens (tertiary/aromatic N) is 3. The first kappa shape index (κ1) is 24.2. The number of carbonyl (C=O) groups is 1. The summed E-state index contributed by atoms with van der Waals surface area (Å²) in [7, 11) is 0. The van der Waals surface area contributed by atoms with Crippen LogP contribution < -0.4 is 10.9 Å². The summed E-state index contributed by atoms with van der Waals surface area (Å²) in [5.41, 5.74) is 1.04. The second kappa shape index (κ2) is 9.37. The normalized spacial score (nSPS) is 17.8. The van der Waals surface area contributed by atoms with E-state index in [1.165, 1.54) is 12.1 Å². The lowest BCUT2D eigenvalue weighted by Gasteiger charge is -2.23. The molecule has 9 heteroatoms. The summed E-state index contributed by atoms with van der Waals surface area (Å²) in [4.78, 5) is 25.7. The molecule has 0 saturated carbocycles. The zero-order chi connectivity index (χ0) is 24.6. The Labute approximate surface area is 198 Å². The van der Waals surface area contributed by atoms with Gasteiger partial charge >= 0.3 is 6.09 Å². The van der Waals surface area contributed by atoms with Gasteiger partial charge in [-0.05, 0) is 71.1 Å². The average Bonchev–Trinajstić information content (AvgIpc) is 3.12. The van der Waals surface area contributed by atoms with Crippen LogP contribution in [0.15, 0.2) is 23.0 Å². The third-order valence-electron chi connectivity index (χ3n) is 6.03. The van der Waals surface area contributed by atoms with E-state index in [1.54, 1.807) is 36.1 Å². The van der Waals surface area contributed by atoms with E-state index in [9.17, 15) is 14.0 Å². The first-order valence-electron chi connectivity index (χ1n) is 11.8. The number of amides is 1. The van der Waals surface area contributed by atoms with Crippen LogP contribution >= 0.6 is 0 Å². The van der Waals surface area contributed by atoms with Crippen molar-refractivity contribution >= 4 is 27.9 Å². The number of nitrogens with one attached hydrogen (secondary N) is 1. The van der Waals surface area contributed by atoms with Crippen molar-refractivity contribution in [2.45, 2.75) is 72.3 Å². The van der Waals surface area contributed by atoms with E-state index < -0.39 is 11.7 Å². The standard InChI is InChI=1S/C25H33FN4O4/c1-15(13-27-24(32)34-25(3,4)5)14-29-19-10-9-17(26)12-18(19)22-21(23(29)31)16(2)30(28-22)20-8-6-7-11-33-20/h9-10,12,15,20H,6-8,11,13-14H2,1-5H3,(H,27,32). The smallest absolute Gasteiger partial charge is 0.407 e. The highest BCUT2D eigenvalue weighted by Crippen LogP contribution is 2.30. The van der Waals surface area contributed by atoms with Gasteiger partial charge < -0.3 is 19.4 Å². The fourth-order valence-corrected chi connectivity index (χ4v) is 4.47. The van der Waals surface area contributed by atoms with Crippen molar-refractivity contribution < 1.29 is 18.7 Å². The molecular formula is C25H33FN4O4. The predicted octanol–water partition coefficient (Wildman–Crippen LogP) is 4.66. The Kier molecular flexibility index (Phi) is 6.66. The van der Waals surface area contributed by atoms with Crippen molar-refractivity contribution in [2.75, 3.05) is 13.2 Å². The molecule has 1 aliphatic heterocycles. The summed E-state index contributed by atoms with van der Waals surface area (Å²) >= 11 is 0. The minimum atomic E-state index is -0.588. The lowest BCUT2D eigenvalue weighted by molar-refractivity contribution is -0.0402. The third kappa shape index (κ3) is 4.94. The van der Waals surface area contributed by atoms with E-state index in [0.717, 1.165) is 19.3 Å². The molecule has 0 aliphatic carbocycles. The molecule has 184 valence electrons. The van der Waals surface area contributed by atoms with Gasteiger partial charge in [0.15, 0.2) is 0 Å². The van der Waals surface area contributed by atoms with Crippen LogP contribution in [0.1, 0.15) is 58.9 Å². The third-order valence-corrected chi connectivity index (χ3v) is 6.03. The van der Waals surface area contributed by atoms with E-state index in [0.29, 0.717) is 47.2 Å². The quantitative estimate of drug-likeness (QED) is 0.584. The maximum absolute atomic E-state index is 14.3. The predicted molar refractivity (Wildman–Crippen MR) is 128 cm³/mol. The van der Waals surface area contributed by atoms with Gasteiger partial charge in [-0.15, -0.1) is 0 Å². The summed E-state index contributed by atoms with van der Waals surface area (Å²) < 4.78 is 28.9. The minimum absolute atomic E-state index is 0.0760. The molecule has 2 unspecified atom stereocenters. The van der Waals surface area contributed by atoms with Crippen LogP contribution in [0.2, 0.25) is 0 Å². The minimum Gasteiger partial charge on any atom is -0.444 e. The van der Waals surface area contributed by atoms with Crippen molar-refractivity contribution in [2.24, 2.45) is 5.92 Å². The van der Waals surface area contributed by atoms with Crippen molar-refractivity contribution in [1.29, 1.82) is 0 Å². The number of fused-ring (bicyclic) bond motifs is 3. The first-order valence-corrected chi connectivity index (χ1v) is 11.8. The molecule has 0 bridgehead atoms. The van der Waals surface area contributed by atoms with Crippen LogP contribution in [0.25, 0.3) is 21.8 Å². The first-order chi connectivity index (χ1) is 16.0. The molecule has 1 amide bonds. The van der Waals surface area contributed by atoms with Crippen LogP contribution in [-0.4, -0.2) is 39.2 Å². The molecule has 1 aliphatic rings. The molecule has 3 aromatic rings. The van der Waals surface area contributed by atoms with Gasteiger partial charge in [-0.25, -0.2) is 13.9 Å². The summed E-state index contributed by atoms with van der Waals surface area (Å²) in [6, 6.07) is 4.39. The molecule has 2 atom stereocenters. The number of ether oxygens (including phenoxy) is 2. The Balaban J connectivity index is 1.71. The van der Waals surface area contributed by atoms with E-state index >= 15 is 0 Å². The zero-order valence-corrected chi connectivity index (χ0v) is 20.5. The van der Waals surface area contributed by atoms with Crippen molar-refractivity contribution in [3.8, 4) is 0 Å². The molecule has 1 N–H and O–H groups in total. The SMILES string of the molecule is Cc1c2c(=O)n(CC(C)CNC(=O)OC(C)(C)C)c3ccc(F)cc3c2nn1C1CCCCO1. The summed E-state index contributed by atoms with van der Waals surface area (Å²) in [5, 5.41) is 8.53. The monoisotopic (exact) mass is 472 g/mol. The molecule has 0 spiro atoms. The Morgan fingerprint density at radius 1 is 1.35 bits per heavy atom. The molecule has 1 saturated heterocycles. The van der Waals surface area contributed by atoms with Gasteiger partial charge in [-0.1, -0.05) is 6.92 Å². The van der Waals surface area contributed by atoms with Crippen molar-refractivity contribution in [3.63, 3.8) is 0 Å². The average molecular weight is 473 g/mol. The van der Waals surface area contributed by atoms with Crippen LogP contribution in [0, 0.1) is 18.7 Å². The summed E-state index contributed by atoms with van der Waals surface area (Å²) in [6.07, 6.45) is 2.13. The Morgan fingerprint density at radius 2 is 2.12 bits per heavy atom. The van der Waals surface area contributed by atoms with Gasteiger partial charge in [0.25, 0.3) is 5.56 Å². The zero-order valence-electron chi connectivity index (χ0n) is 20.5. The highest BCUT2D eigenvalue weighted by molar-refractivity contribution is 6.04. The number of carbonyl (C=O) groups excluding carboxylic acids is 1. The Morgan fingerprint density at radius 3 is 2.79 bits per heavy atom. The summed E-state index contributed by atoms with van der Waals surface area (Å²) in [6.45, 7) is 10.5. The number of aryl methyl sites for hydroxylation is 1. The van der Waals surface area contributed by atoms with Gasteiger partial charge in [0.1, 0.15) is 23.2 Å². The van der Waals surface area contributed by atoms with Gasteiger partial charge in [-0.3, -0.25) is 4.79 Å². The largest absolute Gasteiger partial charge is 0.444 e. The van der Waals surface area contributed by atoms with Crippen LogP contribution in [0.5, 0.6) is 0 Å². The maximum atomic E-state index is 14.3. The molecule has 3 heterocycles. The number of rotatable bonds is 5. The lowest BCUT2D eigenvalue weighted by Crippen LogP contribution is -2.36. The molecule has 2 aromatic heterocycles. The molecule has 1 fully saturated rings. The number of aromatic nitrogens is 3. The van der Waals surface area contributed by atoms with Crippen LogP contribution in [-0.2, 0) is 16.0 Å². The number of halogens is 1. The highest BCUT2D eigenvalue weighted by Gasteiger charge is 2.25. The highest BCUT2D eigenvalue weighted by atomic mass is 19.1. The molecule has 8 nitrogen and oxygen atoms in total. The van der Waals surface area contributed by atoms with Gasteiger partial charge in [-0.2, -0.15) is 5.10 Å². The van der Waals surface area contributed by atoms with Gasteiger partial charge in [0.2, 0.25) is 0 Å². The topological polar surface area (TPSA) is 87.4 Å². The van der Waals surface area contributed by atoms with Gasteiger partial charge in [0, 0.05) is 25.1 Å². The van der Waals surface area contributed by atoms with Gasteiger partial charge in [0.05, 0.1) is 16.6 Å². The maximum Gasteiger partial charge on any atom is 0.407 e. The number of pyridine rings is 1. The van der Waals surface area contributed by atoms with Crippen LogP contribution in [0.3, 0.4) is 0 Å². The van der Waals surface area contributed by atoms with Crippen LogP contribution in [0.4, 0.5) is 9.18 Å². The number of hydrogen-bond acceptors (Lipinski definition) is 5. The van der Waals surface area contributed by atoms with E-state index in [-0.39, 0.29) is 23.5 Å². The molecule has 1 aromatic carbocycles. The Bertz CT molecular complexity index is 1270. The second-order valence-electron chi connectivity index (χ2n) is 10.1. The summed E-state index contributed by atoms with van der Waals surface area (Å²) in [5.74, 6) is -0.465. The molecule has 34 heavy (non-hydrogen) atoms. The van der Waals surface area contributed by atoms with Crippen molar-refractivity contribution in [1.82, 2.24) is 19.7 Å². The van der Waals surface area contributed by atoms with Crippen molar-refractivity contribution in [3.05, 3.63) is 40.1 Å². The molecule has 0 radical (unpaired) electrons. The number of hydrogen-bond donors (Lipinski definition) is 1. The lowest BCUT2D eigenvalue weighted by atomic mass is 10.1. The fraction of sp³-hybridized carbons (Fsp3) is 0.560.